The molecule has 270 valence electrons. The van der Waals surface area contributed by atoms with Gasteiger partial charge in [0.1, 0.15) is 0 Å². The smallest absolute Gasteiger partial charge is 0.480 e. The Hall–Kier alpha value is -3.77. The van der Waals surface area contributed by atoms with E-state index in [0.29, 0.717) is 50.2 Å². The van der Waals surface area contributed by atoms with Gasteiger partial charge in [-0.1, -0.05) is 90.8 Å². The number of methoxy groups -OCH3 is 2. The van der Waals surface area contributed by atoms with Crippen LogP contribution in [0, 0.1) is 0 Å². The highest BCUT2D eigenvalue weighted by atomic mass is 79.9. The largest absolute Gasteiger partial charge is 0.496 e. The zero-order valence-corrected chi connectivity index (χ0v) is 32.4. The molecule has 6 rings (SSSR count). The summed E-state index contributed by atoms with van der Waals surface area (Å²) in [6.45, 7) is 7.98. The Morgan fingerprint density at radius 1 is 0.635 bits per heavy atom. The molecule has 0 saturated carbocycles. The Morgan fingerprint density at radius 2 is 1.06 bits per heavy atom. The lowest BCUT2D eigenvalue weighted by Crippen LogP contribution is -2.41. The molecule has 5 aromatic rings. The Bertz CT molecular complexity index is 2100. The first-order valence-corrected chi connectivity index (χ1v) is 17.6. The predicted molar refractivity (Wildman–Crippen MR) is 214 cm³/mol. The molecule has 0 aliphatic carbocycles. The molecule has 52 heavy (non-hydrogen) atoms. The Balaban J connectivity index is 0.000000228. The highest BCUT2D eigenvalue weighted by Gasteiger charge is 2.52. The van der Waals surface area contributed by atoms with E-state index >= 15 is 0 Å². The lowest BCUT2D eigenvalue weighted by atomic mass is 9.78. The minimum absolute atomic E-state index is 0. The fourth-order valence-electron chi connectivity index (χ4n) is 5.26. The number of pyridine rings is 2. The van der Waals surface area contributed by atoms with Crippen LogP contribution in [0.5, 0.6) is 11.8 Å². The Kier molecular flexibility index (Phi) is 13.3. The van der Waals surface area contributed by atoms with Gasteiger partial charge in [0, 0.05) is 37.2 Å². The van der Waals surface area contributed by atoms with Crippen LogP contribution in [-0.2, 0) is 9.31 Å². The van der Waals surface area contributed by atoms with Crippen molar-refractivity contribution in [2.75, 3.05) is 14.2 Å². The van der Waals surface area contributed by atoms with Crippen molar-refractivity contribution < 1.29 is 28.4 Å². The van der Waals surface area contributed by atoms with Crippen LogP contribution in [0.25, 0.3) is 33.6 Å². The fraction of sp³-hybridized carbons (Fsp3) is 0.231. The van der Waals surface area contributed by atoms with E-state index in [1.54, 1.807) is 24.3 Å². The molecule has 1 aliphatic rings. The Morgan fingerprint density at radius 3 is 1.54 bits per heavy atom. The van der Waals surface area contributed by atoms with Crippen molar-refractivity contribution in [3.05, 3.63) is 110 Å². The molecule has 0 atom stereocenters. The van der Waals surface area contributed by atoms with Gasteiger partial charge in [-0.15, -0.1) is 0 Å². The van der Waals surface area contributed by atoms with Gasteiger partial charge in [0.2, 0.25) is 11.8 Å². The average Bonchev–Trinajstić information content (AvgIpc) is 3.34. The molecular formula is C39H37BBrCl3N2O6. The summed E-state index contributed by atoms with van der Waals surface area (Å²) in [7, 11) is 2.38. The van der Waals surface area contributed by atoms with E-state index < -0.39 is 18.3 Å². The van der Waals surface area contributed by atoms with Crippen molar-refractivity contribution in [1.82, 2.24) is 9.97 Å². The number of aldehydes is 2. The summed E-state index contributed by atoms with van der Waals surface area (Å²) in [6.07, 6.45) is 1.41. The standard InChI is InChI=1S/C19H21BClNO4.C19H12BrCl2NO2.CH4/c1-18(2)19(3,4)26-20(25-18)14-8-6-7-13(16(14)21)15-10-9-12(11-23)17(22-15)24-5;1-25-19-11(10-24)8-9-16(23-19)14-6-2-4-12(17(14)21)13-5-3-7-15(20)18(13)22;/h6-11H,1-5H3;2-10H,1H3;1H4. The first-order chi connectivity index (χ1) is 24.3. The van der Waals surface area contributed by atoms with E-state index in [0.717, 1.165) is 32.2 Å². The van der Waals surface area contributed by atoms with E-state index in [2.05, 4.69) is 25.9 Å². The van der Waals surface area contributed by atoms with E-state index in [9.17, 15) is 9.59 Å². The monoisotopic (exact) mass is 824 g/mol. The lowest BCUT2D eigenvalue weighted by Gasteiger charge is -2.32. The number of nitrogens with zero attached hydrogens (tertiary/aromatic N) is 2. The van der Waals surface area contributed by atoms with Crippen LogP contribution in [-0.4, -0.2) is 55.1 Å². The van der Waals surface area contributed by atoms with Gasteiger partial charge in [-0.2, -0.15) is 0 Å². The van der Waals surface area contributed by atoms with Crippen molar-refractivity contribution in [2.24, 2.45) is 0 Å². The number of carbonyl (C=O) groups excluding carboxylic acids is 2. The SMILES string of the molecule is C.COc1nc(-c2cccc(-c3cccc(Br)c3Cl)c2Cl)ccc1C=O.COc1nc(-c2cccc(B3OC(C)(C)C(C)(C)O3)c2Cl)ccc1C=O. The molecule has 0 unspecified atom stereocenters. The molecular weight excluding hydrogens is 790 g/mol. The number of halogens is 4. The molecule has 0 N–H and O–H groups in total. The van der Waals surface area contributed by atoms with Gasteiger partial charge in [0.25, 0.3) is 0 Å². The summed E-state index contributed by atoms with van der Waals surface area (Å²) in [4.78, 5) is 30.9. The summed E-state index contributed by atoms with van der Waals surface area (Å²) in [5, 5.41) is 1.61. The second-order valence-electron chi connectivity index (χ2n) is 12.4. The summed E-state index contributed by atoms with van der Waals surface area (Å²) in [5.41, 5.74) is 4.88. The summed E-state index contributed by atoms with van der Waals surface area (Å²) >= 11 is 23.1. The average molecular weight is 827 g/mol. The molecule has 13 heteroatoms. The number of hydrogen-bond acceptors (Lipinski definition) is 8. The van der Waals surface area contributed by atoms with Gasteiger partial charge >= 0.3 is 7.12 Å². The maximum Gasteiger partial charge on any atom is 0.496 e. The molecule has 3 aromatic carbocycles. The second kappa shape index (κ2) is 16.9. The van der Waals surface area contributed by atoms with E-state index in [1.807, 2.05) is 82.3 Å². The minimum Gasteiger partial charge on any atom is -0.480 e. The molecule has 8 nitrogen and oxygen atoms in total. The first-order valence-electron chi connectivity index (χ1n) is 15.6. The van der Waals surface area contributed by atoms with Crippen molar-refractivity contribution in [2.45, 2.75) is 46.3 Å². The lowest BCUT2D eigenvalue weighted by molar-refractivity contribution is 0.00578. The molecule has 1 aliphatic heterocycles. The second-order valence-corrected chi connectivity index (χ2v) is 14.4. The van der Waals surface area contributed by atoms with E-state index in [4.69, 9.17) is 53.6 Å². The van der Waals surface area contributed by atoms with Crippen molar-refractivity contribution >= 4 is 75.9 Å². The topological polar surface area (TPSA) is 96.8 Å². The number of carbonyl (C=O) groups is 2. The number of ether oxygens (including phenoxy) is 2. The molecule has 0 radical (unpaired) electrons. The highest BCUT2D eigenvalue weighted by molar-refractivity contribution is 9.10. The van der Waals surface area contributed by atoms with Gasteiger partial charge in [-0.05, 0) is 74.0 Å². The zero-order chi connectivity index (χ0) is 37.1. The van der Waals surface area contributed by atoms with Crippen molar-refractivity contribution in [3.63, 3.8) is 0 Å². The molecule has 3 heterocycles. The van der Waals surface area contributed by atoms with Crippen molar-refractivity contribution in [1.29, 1.82) is 0 Å². The third kappa shape index (κ3) is 8.23. The predicted octanol–water partition coefficient (Wildman–Crippen LogP) is 10.5. The van der Waals surface area contributed by atoms with Crippen LogP contribution in [0.1, 0.15) is 55.8 Å². The quantitative estimate of drug-likeness (QED) is 0.113. The Labute approximate surface area is 328 Å². The molecule has 0 amide bonds. The van der Waals surface area contributed by atoms with Crippen molar-refractivity contribution in [3.8, 4) is 45.4 Å². The number of hydrogen-bond donors (Lipinski definition) is 0. The molecule has 0 spiro atoms. The maximum absolute atomic E-state index is 11.1. The highest BCUT2D eigenvalue weighted by Crippen LogP contribution is 2.41. The van der Waals surface area contributed by atoms with Crippen LogP contribution < -0.4 is 14.9 Å². The van der Waals surface area contributed by atoms with Gasteiger partial charge in [-0.25, -0.2) is 9.97 Å². The summed E-state index contributed by atoms with van der Waals surface area (Å²) in [6, 6.07) is 23.7. The van der Waals surface area contributed by atoms with Crippen LogP contribution in [0.2, 0.25) is 15.1 Å². The van der Waals surface area contributed by atoms with Crippen LogP contribution in [0.15, 0.2) is 83.3 Å². The van der Waals surface area contributed by atoms with Gasteiger partial charge in [0.15, 0.2) is 12.6 Å². The molecule has 2 aromatic heterocycles. The van der Waals surface area contributed by atoms with E-state index in [-0.39, 0.29) is 19.2 Å². The summed E-state index contributed by atoms with van der Waals surface area (Å²) < 4.78 is 23.4. The van der Waals surface area contributed by atoms with Gasteiger partial charge in [0.05, 0.1) is 58.0 Å². The molecule has 0 bridgehead atoms. The van der Waals surface area contributed by atoms with Crippen LogP contribution in [0.4, 0.5) is 0 Å². The zero-order valence-electron chi connectivity index (χ0n) is 28.6. The maximum atomic E-state index is 11.1. The van der Waals surface area contributed by atoms with Crippen LogP contribution >= 0.6 is 50.7 Å². The number of aromatic nitrogens is 2. The third-order valence-electron chi connectivity index (χ3n) is 8.75. The normalized spacial score (nSPS) is 14.1. The third-order valence-corrected chi connectivity index (χ3v) is 10.9. The minimum atomic E-state index is -0.566. The molecule has 1 saturated heterocycles. The molecule has 1 fully saturated rings. The summed E-state index contributed by atoms with van der Waals surface area (Å²) in [5.74, 6) is 0.518. The number of benzene rings is 3. The number of rotatable bonds is 8. The van der Waals surface area contributed by atoms with Gasteiger partial charge < -0.3 is 18.8 Å². The fourth-order valence-corrected chi connectivity index (χ4v) is 6.49. The van der Waals surface area contributed by atoms with E-state index in [1.165, 1.54) is 14.2 Å². The van der Waals surface area contributed by atoms with Crippen LogP contribution in [0.3, 0.4) is 0 Å². The first kappa shape index (κ1) is 41.0. The van der Waals surface area contributed by atoms with Gasteiger partial charge in [-0.3, -0.25) is 9.59 Å².